The molecule has 0 aliphatic heterocycles. The maximum atomic E-state index is 13.1. The van der Waals surface area contributed by atoms with Gasteiger partial charge in [-0.25, -0.2) is 13.9 Å². The lowest BCUT2D eigenvalue weighted by Gasteiger charge is -2.03. The van der Waals surface area contributed by atoms with Gasteiger partial charge in [0.25, 0.3) is 5.56 Å². The molecular formula is C16H16FN3O. The third-order valence-electron chi connectivity index (χ3n) is 3.59. The fraction of sp³-hybridized carbons (Fsp3) is 0.250. The van der Waals surface area contributed by atoms with Gasteiger partial charge in [-0.05, 0) is 30.5 Å². The standard InChI is InChI=1S/C16H16FN3O/c1-3-12-9-14(21)20-16(18-12)15(13(4-2)19-20)10-5-7-11(17)8-6-10/h5-9,19H,3-4H2,1-2H3. The van der Waals surface area contributed by atoms with Crippen molar-refractivity contribution in [2.45, 2.75) is 26.7 Å². The minimum absolute atomic E-state index is 0.125. The number of aromatic nitrogens is 3. The monoisotopic (exact) mass is 285 g/mol. The lowest BCUT2D eigenvalue weighted by Crippen LogP contribution is -2.15. The first-order chi connectivity index (χ1) is 10.1. The first kappa shape index (κ1) is 13.5. The molecular weight excluding hydrogens is 269 g/mol. The molecule has 1 aromatic carbocycles. The Kier molecular flexibility index (Phi) is 3.33. The Morgan fingerprint density at radius 3 is 2.52 bits per heavy atom. The van der Waals surface area contributed by atoms with E-state index in [1.807, 2.05) is 13.8 Å². The molecule has 21 heavy (non-hydrogen) atoms. The normalized spacial score (nSPS) is 11.2. The number of H-pyrrole nitrogens is 1. The average Bonchev–Trinajstić information content (AvgIpc) is 2.87. The number of fused-ring (bicyclic) bond motifs is 1. The Balaban J connectivity index is 2.36. The van der Waals surface area contributed by atoms with Crippen LogP contribution in [0.15, 0.2) is 35.1 Å². The Labute approximate surface area is 121 Å². The molecule has 0 unspecified atom stereocenters. The quantitative estimate of drug-likeness (QED) is 0.804. The molecule has 0 atom stereocenters. The van der Waals surface area contributed by atoms with E-state index < -0.39 is 0 Å². The molecule has 3 aromatic rings. The van der Waals surface area contributed by atoms with Crippen molar-refractivity contribution in [2.24, 2.45) is 0 Å². The topological polar surface area (TPSA) is 50.2 Å². The van der Waals surface area contributed by atoms with Crippen molar-refractivity contribution in [3.63, 3.8) is 0 Å². The summed E-state index contributed by atoms with van der Waals surface area (Å²) in [5, 5.41) is 3.09. The lowest BCUT2D eigenvalue weighted by molar-refractivity contribution is 0.628. The van der Waals surface area contributed by atoms with Crippen LogP contribution < -0.4 is 5.56 Å². The zero-order valence-corrected chi connectivity index (χ0v) is 12.0. The van der Waals surface area contributed by atoms with E-state index in [0.29, 0.717) is 12.1 Å². The van der Waals surface area contributed by atoms with Crippen LogP contribution in [0.1, 0.15) is 25.2 Å². The highest BCUT2D eigenvalue weighted by Crippen LogP contribution is 2.27. The zero-order valence-electron chi connectivity index (χ0n) is 12.0. The molecule has 0 amide bonds. The van der Waals surface area contributed by atoms with Gasteiger partial charge < -0.3 is 0 Å². The average molecular weight is 285 g/mol. The number of rotatable bonds is 3. The number of benzene rings is 1. The molecule has 0 bridgehead atoms. The number of halogens is 1. The molecule has 0 aliphatic carbocycles. The maximum Gasteiger partial charge on any atom is 0.272 e. The van der Waals surface area contributed by atoms with Crippen LogP contribution in [0.25, 0.3) is 16.8 Å². The summed E-state index contributed by atoms with van der Waals surface area (Å²) in [6, 6.07) is 7.79. The molecule has 108 valence electrons. The molecule has 4 nitrogen and oxygen atoms in total. The van der Waals surface area contributed by atoms with Crippen molar-refractivity contribution in [3.8, 4) is 11.1 Å². The van der Waals surface area contributed by atoms with Gasteiger partial charge in [0.15, 0.2) is 5.65 Å². The summed E-state index contributed by atoms with van der Waals surface area (Å²) in [5.74, 6) is -0.281. The van der Waals surface area contributed by atoms with Crippen LogP contribution in [0.2, 0.25) is 0 Å². The van der Waals surface area contributed by atoms with Gasteiger partial charge in [-0.2, -0.15) is 0 Å². The number of nitrogens with zero attached hydrogens (tertiary/aromatic N) is 2. The zero-order chi connectivity index (χ0) is 15.0. The predicted molar refractivity (Wildman–Crippen MR) is 80.0 cm³/mol. The van der Waals surface area contributed by atoms with Crippen LogP contribution >= 0.6 is 0 Å². The molecule has 0 radical (unpaired) electrons. The highest BCUT2D eigenvalue weighted by molar-refractivity contribution is 5.79. The van der Waals surface area contributed by atoms with E-state index in [4.69, 9.17) is 0 Å². The molecule has 2 heterocycles. The van der Waals surface area contributed by atoms with E-state index in [2.05, 4.69) is 10.1 Å². The SMILES string of the molecule is CCc1cc(=O)n2[nH]c(CC)c(-c3ccc(F)cc3)c2n1. The molecule has 1 N–H and O–H groups in total. The Bertz CT molecular complexity index is 846. The lowest BCUT2D eigenvalue weighted by atomic mass is 10.0. The highest BCUT2D eigenvalue weighted by atomic mass is 19.1. The van der Waals surface area contributed by atoms with Crippen molar-refractivity contribution in [3.05, 3.63) is 57.9 Å². The highest BCUT2D eigenvalue weighted by Gasteiger charge is 2.15. The van der Waals surface area contributed by atoms with Gasteiger partial charge in [0.1, 0.15) is 5.82 Å². The van der Waals surface area contributed by atoms with Crippen molar-refractivity contribution >= 4 is 5.65 Å². The largest absolute Gasteiger partial charge is 0.293 e. The van der Waals surface area contributed by atoms with Crippen LogP contribution in [0, 0.1) is 5.82 Å². The number of aromatic amines is 1. The molecule has 0 saturated carbocycles. The first-order valence-corrected chi connectivity index (χ1v) is 7.03. The number of aryl methyl sites for hydroxylation is 2. The van der Waals surface area contributed by atoms with Crippen LogP contribution in [0.5, 0.6) is 0 Å². The van der Waals surface area contributed by atoms with E-state index in [1.54, 1.807) is 12.1 Å². The molecule has 0 spiro atoms. The third-order valence-corrected chi connectivity index (χ3v) is 3.59. The predicted octanol–water partition coefficient (Wildman–Crippen LogP) is 2.95. The second-order valence-corrected chi connectivity index (χ2v) is 4.92. The second kappa shape index (κ2) is 5.16. The van der Waals surface area contributed by atoms with Crippen LogP contribution in [0.3, 0.4) is 0 Å². The summed E-state index contributed by atoms with van der Waals surface area (Å²) < 4.78 is 14.6. The van der Waals surface area contributed by atoms with E-state index in [9.17, 15) is 9.18 Å². The summed E-state index contributed by atoms with van der Waals surface area (Å²) in [6.45, 7) is 3.97. The first-order valence-electron chi connectivity index (χ1n) is 7.03. The summed E-state index contributed by atoms with van der Waals surface area (Å²) in [6.07, 6.45) is 1.43. The Morgan fingerprint density at radius 1 is 1.19 bits per heavy atom. The fourth-order valence-corrected chi connectivity index (χ4v) is 2.49. The van der Waals surface area contributed by atoms with Gasteiger partial charge in [0.05, 0.1) is 0 Å². The van der Waals surface area contributed by atoms with E-state index in [1.165, 1.54) is 22.7 Å². The van der Waals surface area contributed by atoms with E-state index >= 15 is 0 Å². The molecule has 2 aromatic heterocycles. The van der Waals surface area contributed by atoms with Crippen molar-refractivity contribution in [1.29, 1.82) is 0 Å². The molecule has 3 rings (SSSR count). The van der Waals surface area contributed by atoms with Gasteiger partial charge in [-0.15, -0.1) is 0 Å². The van der Waals surface area contributed by atoms with Crippen molar-refractivity contribution < 1.29 is 4.39 Å². The van der Waals surface area contributed by atoms with Gasteiger partial charge >= 0.3 is 0 Å². The fourth-order valence-electron chi connectivity index (χ4n) is 2.49. The van der Waals surface area contributed by atoms with Gasteiger partial charge in [-0.3, -0.25) is 9.89 Å². The van der Waals surface area contributed by atoms with Crippen molar-refractivity contribution in [2.75, 3.05) is 0 Å². The smallest absolute Gasteiger partial charge is 0.272 e. The third kappa shape index (κ3) is 2.24. The number of hydrogen-bond acceptors (Lipinski definition) is 2. The summed E-state index contributed by atoms with van der Waals surface area (Å²) in [5.41, 5.74) is 3.87. The molecule has 0 fully saturated rings. The van der Waals surface area contributed by atoms with Crippen LogP contribution in [-0.4, -0.2) is 14.6 Å². The Morgan fingerprint density at radius 2 is 1.90 bits per heavy atom. The summed E-state index contributed by atoms with van der Waals surface area (Å²) in [7, 11) is 0. The number of hydrogen-bond donors (Lipinski definition) is 1. The van der Waals surface area contributed by atoms with Crippen LogP contribution in [0.4, 0.5) is 4.39 Å². The second-order valence-electron chi connectivity index (χ2n) is 4.92. The van der Waals surface area contributed by atoms with Gasteiger partial charge in [0.2, 0.25) is 0 Å². The molecule has 0 saturated heterocycles. The number of nitrogens with one attached hydrogen (secondary N) is 1. The van der Waals surface area contributed by atoms with E-state index in [-0.39, 0.29) is 11.4 Å². The Hall–Kier alpha value is -2.43. The van der Waals surface area contributed by atoms with Crippen molar-refractivity contribution in [1.82, 2.24) is 14.6 Å². The molecule has 0 aliphatic rings. The maximum absolute atomic E-state index is 13.1. The minimum atomic E-state index is -0.281. The van der Waals surface area contributed by atoms with Gasteiger partial charge in [-0.1, -0.05) is 26.0 Å². The van der Waals surface area contributed by atoms with Gasteiger partial charge in [0, 0.05) is 23.0 Å². The van der Waals surface area contributed by atoms with E-state index in [0.717, 1.165) is 28.9 Å². The van der Waals surface area contributed by atoms with Crippen LogP contribution in [-0.2, 0) is 12.8 Å². The summed E-state index contributed by atoms with van der Waals surface area (Å²) >= 11 is 0. The summed E-state index contributed by atoms with van der Waals surface area (Å²) in [4.78, 5) is 16.7. The minimum Gasteiger partial charge on any atom is -0.293 e. The molecule has 5 heteroatoms.